The van der Waals surface area contributed by atoms with E-state index >= 15 is 0 Å². The molecule has 0 bridgehead atoms. The molecule has 1 unspecified atom stereocenters. The van der Waals surface area contributed by atoms with Crippen molar-refractivity contribution < 1.29 is 18.7 Å². The van der Waals surface area contributed by atoms with E-state index in [1.165, 1.54) is 0 Å². The maximum absolute atomic E-state index is 12.4. The van der Waals surface area contributed by atoms with Crippen LogP contribution >= 0.6 is 0 Å². The van der Waals surface area contributed by atoms with Crippen molar-refractivity contribution in [3.8, 4) is 11.5 Å². The van der Waals surface area contributed by atoms with Gasteiger partial charge >= 0.3 is 0 Å². The predicted molar refractivity (Wildman–Crippen MR) is 89.6 cm³/mol. The molecule has 1 atom stereocenters. The third-order valence-electron chi connectivity index (χ3n) is 4.11. The van der Waals surface area contributed by atoms with Gasteiger partial charge in [-0.25, -0.2) is 0 Å². The van der Waals surface area contributed by atoms with Gasteiger partial charge in [0.15, 0.2) is 17.3 Å². The van der Waals surface area contributed by atoms with Crippen molar-refractivity contribution in [1.29, 1.82) is 0 Å². The number of ether oxygens (including phenoxy) is 2. The number of amides is 1. The average Bonchev–Trinajstić information content (AvgIpc) is 2.97. The SMILES string of the molecule is Cc1c(C(=O)NCC2COc3ccccc3O2)oc2ccccc12. The number of fused-ring (bicyclic) bond motifs is 2. The minimum absolute atomic E-state index is 0.228. The fraction of sp³-hybridized carbons (Fsp3) is 0.211. The molecule has 1 aromatic heterocycles. The second kappa shape index (κ2) is 5.92. The molecule has 0 aliphatic carbocycles. The number of para-hydroxylation sites is 3. The first-order valence-electron chi connectivity index (χ1n) is 7.87. The predicted octanol–water partition coefficient (Wildman–Crippen LogP) is 3.31. The molecule has 5 nitrogen and oxygen atoms in total. The highest BCUT2D eigenvalue weighted by atomic mass is 16.6. The standard InChI is InChI=1S/C19H17NO4/c1-12-14-6-2-3-7-15(14)24-18(12)19(21)20-10-13-11-22-16-8-4-5-9-17(16)23-13/h2-9,13H,10-11H2,1H3,(H,20,21). The summed E-state index contributed by atoms with van der Waals surface area (Å²) in [5, 5.41) is 3.82. The highest BCUT2D eigenvalue weighted by Crippen LogP contribution is 2.30. The van der Waals surface area contributed by atoms with Gasteiger partial charge in [-0.15, -0.1) is 0 Å². The molecule has 0 fully saturated rings. The highest BCUT2D eigenvalue weighted by molar-refractivity contribution is 5.98. The zero-order valence-corrected chi connectivity index (χ0v) is 13.2. The molecule has 2 aromatic carbocycles. The van der Waals surface area contributed by atoms with Gasteiger partial charge in [0, 0.05) is 10.9 Å². The molecule has 5 heteroatoms. The lowest BCUT2D eigenvalue weighted by Crippen LogP contribution is -2.40. The highest BCUT2D eigenvalue weighted by Gasteiger charge is 2.23. The van der Waals surface area contributed by atoms with Crippen LogP contribution in [0.1, 0.15) is 16.1 Å². The van der Waals surface area contributed by atoms with E-state index in [1.54, 1.807) is 0 Å². The minimum atomic E-state index is -0.244. The van der Waals surface area contributed by atoms with Gasteiger partial charge in [-0.05, 0) is 25.1 Å². The zero-order chi connectivity index (χ0) is 16.5. The molecule has 1 aliphatic rings. The number of aryl methyl sites for hydroxylation is 1. The first-order valence-corrected chi connectivity index (χ1v) is 7.87. The quantitative estimate of drug-likeness (QED) is 0.803. The molecule has 0 spiro atoms. The number of rotatable bonds is 3. The monoisotopic (exact) mass is 323 g/mol. The van der Waals surface area contributed by atoms with E-state index in [4.69, 9.17) is 13.9 Å². The maximum atomic E-state index is 12.4. The van der Waals surface area contributed by atoms with Crippen molar-refractivity contribution >= 4 is 16.9 Å². The lowest BCUT2D eigenvalue weighted by Gasteiger charge is -2.26. The fourth-order valence-electron chi connectivity index (χ4n) is 2.84. The van der Waals surface area contributed by atoms with E-state index in [1.807, 2.05) is 55.5 Å². The van der Waals surface area contributed by atoms with Gasteiger partial charge in [0.25, 0.3) is 5.91 Å². The van der Waals surface area contributed by atoms with Crippen LogP contribution in [0.2, 0.25) is 0 Å². The molecule has 24 heavy (non-hydrogen) atoms. The van der Waals surface area contributed by atoms with E-state index in [2.05, 4.69) is 5.32 Å². The summed E-state index contributed by atoms with van der Waals surface area (Å²) in [5.74, 6) is 1.52. The molecule has 1 aliphatic heterocycles. The van der Waals surface area contributed by atoms with Gasteiger partial charge in [-0.2, -0.15) is 0 Å². The third kappa shape index (κ3) is 2.58. The van der Waals surface area contributed by atoms with Crippen molar-refractivity contribution in [3.05, 3.63) is 59.9 Å². The summed E-state index contributed by atoms with van der Waals surface area (Å²) in [7, 11) is 0. The molecule has 0 saturated heterocycles. The van der Waals surface area contributed by atoms with Gasteiger partial charge < -0.3 is 19.2 Å². The molecule has 3 aromatic rings. The largest absolute Gasteiger partial charge is 0.486 e. The lowest BCUT2D eigenvalue weighted by molar-refractivity contribution is 0.0774. The Morgan fingerprint density at radius 1 is 1.12 bits per heavy atom. The Labute approximate surface area is 139 Å². The smallest absolute Gasteiger partial charge is 0.287 e. The maximum Gasteiger partial charge on any atom is 0.287 e. The Morgan fingerprint density at radius 3 is 2.71 bits per heavy atom. The van der Waals surface area contributed by atoms with Crippen molar-refractivity contribution in [3.63, 3.8) is 0 Å². The number of hydrogen-bond donors (Lipinski definition) is 1. The fourth-order valence-corrected chi connectivity index (χ4v) is 2.84. The third-order valence-corrected chi connectivity index (χ3v) is 4.11. The van der Waals surface area contributed by atoms with Gasteiger partial charge in [-0.1, -0.05) is 30.3 Å². The first kappa shape index (κ1) is 14.6. The Kier molecular flexibility index (Phi) is 3.61. The number of carbonyl (C=O) groups is 1. The van der Waals surface area contributed by atoms with Crippen molar-refractivity contribution in [2.24, 2.45) is 0 Å². The van der Waals surface area contributed by atoms with Gasteiger partial charge in [0.2, 0.25) is 0 Å². The number of benzene rings is 2. The summed E-state index contributed by atoms with van der Waals surface area (Å²) in [6.45, 7) is 2.64. The van der Waals surface area contributed by atoms with Crippen molar-refractivity contribution in [1.82, 2.24) is 5.32 Å². The van der Waals surface area contributed by atoms with Crippen LogP contribution in [0.4, 0.5) is 0 Å². The molecular formula is C19H17NO4. The second-order valence-corrected chi connectivity index (χ2v) is 5.76. The summed E-state index contributed by atoms with van der Waals surface area (Å²) in [6.07, 6.45) is -0.228. The molecule has 1 N–H and O–H groups in total. The molecule has 0 saturated carbocycles. The topological polar surface area (TPSA) is 60.7 Å². The Morgan fingerprint density at radius 2 is 1.88 bits per heavy atom. The molecular weight excluding hydrogens is 306 g/mol. The van der Waals surface area contributed by atoms with E-state index in [0.29, 0.717) is 30.2 Å². The molecule has 1 amide bonds. The van der Waals surface area contributed by atoms with Crippen molar-refractivity contribution in [2.45, 2.75) is 13.0 Å². The van der Waals surface area contributed by atoms with Crippen LogP contribution in [0.25, 0.3) is 11.0 Å². The van der Waals surface area contributed by atoms with Gasteiger partial charge in [-0.3, -0.25) is 4.79 Å². The van der Waals surface area contributed by atoms with E-state index < -0.39 is 0 Å². The Balaban J connectivity index is 1.44. The van der Waals surface area contributed by atoms with E-state index in [0.717, 1.165) is 16.7 Å². The minimum Gasteiger partial charge on any atom is -0.486 e. The van der Waals surface area contributed by atoms with Crippen LogP contribution in [0.15, 0.2) is 52.9 Å². The zero-order valence-electron chi connectivity index (χ0n) is 13.2. The normalized spacial score (nSPS) is 16.1. The summed E-state index contributed by atoms with van der Waals surface area (Å²) in [6, 6.07) is 15.1. The number of hydrogen-bond acceptors (Lipinski definition) is 4. The van der Waals surface area contributed by atoms with Gasteiger partial charge in [0.1, 0.15) is 18.3 Å². The summed E-state index contributed by atoms with van der Waals surface area (Å²) < 4.78 is 17.2. The summed E-state index contributed by atoms with van der Waals surface area (Å²) in [4.78, 5) is 12.4. The summed E-state index contributed by atoms with van der Waals surface area (Å²) in [5.41, 5.74) is 1.56. The number of furan rings is 1. The van der Waals surface area contributed by atoms with Crippen LogP contribution in [-0.4, -0.2) is 25.2 Å². The van der Waals surface area contributed by atoms with Crippen LogP contribution in [0.5, 0.6) is 11.5 Å². The van der Waals surface area contributed by atoms with Crippen LogP contribution in [0, 0.1) is 6.92 Å². The van der Waals surface area contributed by atoms with E-state index in [9.17, 15) is 4.79 Å². The Bertz CT molecular complexity index is 899. The molecule has 0 radical (unpaired) electrons. The first-order chi connectivity index (χ1) is 11.7. The molecule has 2 heterocycles. The lowest BCUT2D eigenvalue weighted by atomic mass is 10.1. The van der Waals surface area contributed by atoms with Crippen LogP contribution in [-0.2, 0) is 0 Å². The number of carbonyl (C=O) groups excluding carboxylic acids is 1. The average molecular weight is 323 g/mol. The number of nitrogens with one attached hydrogen (secondary N) is 1. The van der Waals surface area contributed by atoms with Crippen molar-refractivity contribution in [2.75, 3.05) is 13.2 Å². The summed E-state index contributed by atoms with van der Waals surface area (Å²) >= 11 is 0. The Hall–Kier alpha value is -2.95. The van der Waals surface area contributed by atoms with Gasteiger partial charge in [0.05, 0.1) is 6.54 Å². The van der Waals surface area contributed by atoms with E-state index in [-0.39, 0.29) is 12.0 Å². The van der Waals surface area contributed by atoms with Crippen LogP contribution < -0.4 is 14.8 Å². The molecule has 4 rings (SSSR count). The second-order valence-electron chi connectivity index (χ2n) is 5.76. The molecule has 122 valence electrons. The van der Waals surface area contributed by atoms with Crippen LogP contribution in [0.3, 0.4) is 0 Å².